The van der Waals surface area contributed by atoms with Crippen LogP contribution in [0.2, 0.25) is 0 Å². The van der Waals surface area contributed by atoms with Crippen LogP contribution in [0.3, 0.4) is 0 Å². The molecule has 0 amide bonds. The molecule has 1 aromatic rings. The van der Waals surface area contributed by atoms with Crippen LogP contribution in [0.5, 0.6) is 0 Å². The molecule has 0 saturated carbocycles. The Hall–Kier alpha value is -0.490. The highest BCUT2D eigenvalue weighted by atomic mass is 79.9. The Bertz CT molecular complexity index is 443. The molecule has 2 atom stereocenters. The topological polar surface area (TPSA) is 26.7 Å². The average molecular weight is 331 g/mol. The summed E-state index contributed by atoms with van der Waals surface area (Å²) in [6, 6.07) is 5.30. The van der Waals surface area contributed by atoms with E-state index >= 15 is 0 Å². The minimum Gasteiger partial charge on any atom is -0.388 e. The Balaban J connectivity index is 2.07. The van der Waals surface area contributed by atoms with Gasteiger partial charge in [0.1, 0.15) is 5.82 Å². The lowest BCUT2D eigenvalue weighted by atomic mass is 9.99. The van der Waals surface area contributed by atoms with Crippen LogP contribution in [0.25, 0.3) is 0 Å². The molecule has 2 unspecified atom stereocenters. The van der Waals surface area contributed by atoms with Crippen LogP contribution in [0, 0.1) is 5.82 Å². The lowest BCUT2D eigenvalue weighted by Gasteiger charge is -2.38. The Labute approximate surface area is 122 Å². The predicted molar refractivity (Wildman–Crippen MR) is 77.6 cm³/mol. The first-order chi connectivity index (χ1) is 8.99. The van der Waals surface area contributed by atoms with Gasteiger partial charge < -0.3 is 14.9 Å². The Kier molecular flexibility index (Phi) is 4.95. The van der Waals surface area contributed by atoms with Crippen LogP contribution in [0.1, 0.15) is 18.1 Å². The molecule has 1 aliphatic rings. The number of aliphatic hydroxyl groups excluding tert-OH is 1. The summed E-state index contributed by atoms with van der Waals surface area (Å²) in [6.07, 6.45) is -0.217. The minimum atomic E-state index is -0.767. The van der Waals surface area contributed by atoms with E-state index in [1.807, 2.05) is 0 Å². The Morgan fingerprint density at radius 3 is 2.89 bits per heavy atom. The molecule has 0 aromatic heterocycles. The zero-order valence-electron chi connectivity index (χ0n) is 11.3. The van der Waals surface area contributed by atoms with E-state index in [0.29, 0.717) is 16.5 Å². The van der Waals surface area contributed by atoms with E-state index in [1.54, 1.807) is 18.2 Å². The standard InChI is InChI=1S/C14H20BrFN2O/c1-17-6-7-18(2)10(9-17)8-13(19)11-4-3-5-12(15)14(11)16/h3-5,10,13,19H,6-9H2,1-2H3. The SMILES string of the molecule is CN1CCN(C)C(CC(O)c2cccc(Br)c2F)C1. The molecule has 5 heteroatoms. The van der Waals surface area contributed by atoms with Gasteiger partial charge in [0.25, 0.3) is 0 Å². The van der Waals surface area contributed by atoms with E-state index in [9.17, 15) is 9.50 Å². The van der Waals surface area contributed by atoms with Gasteiger partial charge in [-0.05, 0) is 42.5 Å². The van der Waals surface area contributed by atoms with Gasteiger partial charge in [0.05, 0.1) is 10.6 Å². The second kappa shape index (κ2) is 6.31. The van der Waals surface area contributed by atoms with Crippen molar-refractivity contribution in [3.63, 3.8) is 0 Å². The number of benzene rings is 1. The molecule has 0 bridgehead atoms. The fourth-order valence-corrected chi connectivity index (χ4v) is 2.90. The van der Waals surface area contributed by atoms with Crippen LogP contribution in [-0.4, -0.2) is 54.7 Å². The Morgan fingerprint density at radius 2 is 2.16 bits per heavy atom. The summed E-state index contributed by atoms with van der Waals surface area (Å²) >= 11 is 3.16. The van der Waals surface area contributed by atoms with Crippen LogP contribution in [-0.2, 0) is 0 Å². The zero-order valence-corrected chi connectivity index (χ0v) is 12.9. The number of halogens is 2. The molecule has 0 aliphatic carbocycles. The van der Waals surface area contributed by atoms with Gasteiger partial charge in [-0.1, -0.05) is 12.1 Å². The highest BCUT2D eigenvalue weighted by molar-refractivity contribution is 9.10. The van der Waals surface area contributed by atoms with Crippen LogP contribution in [0.15, 0.2) is 22.7 Å². The van der Waals surface area contributed by atoms with Gasteiger partial charge in [0.15, 0.2) is 0 Å². The second-order valence-electron chi connectivity index (χ2n) is 5.29. The molecular weight excluding hydrogens is 311 g/mol. The number of hydrogen-bond donors (Lipinski definition) is 1. The van der Waals surface area contributed by atoms with Gasteiger partial charge >= 0.3 is 0 Å². The lowest BCUT2D eigenvalue weighted by molar-refractivity contribution is 0.0621. The maximum absolute atomic E-state index is 13.9. The first kappa shape index (κ1) is 14.9. The van der Waals surface area contributed by atoms with Crippen molar-refractivity contribution in [3.05, 3.63) is 34.1 Å². The van der Waals surface area contributed by atoms with Gasteiger partial charge in [-0.3, -0.25) is 0 Å². The fraction of sp³-hybridized carbons (Fsp3) is 0.571. The summed E-state index contributed by atoms with van der Waals surface area (Å²) in [5.41, 5.74) is 0.371. The van der Waals surface area contributed by atoms with Crippen molar-refractivity contribution in [2.24, 2.45) is 0 Å². The van der Waals surface area contributed by atoms with E-state index in [0.717, 1.165) is 19.6 Å². The highest BCUT2D eigenvalue weighted by Gasteiger charge is 2.26. The highest BCUT2D eigenvalue weighted by Crippen LogP contribution is 2.28. The number of aliphatic hydroxyl groups is 1. The summed E-state index contributed by atoms with van der Waals surface area (Å²) in [5, 5.41) is 10.3. The second-order valence-corrected chi connectivity index (χ2v) is 6.15. The number of nitrogens with zero attached hydrogens (tertiary/aromatic N) is 2. The van der Waals surface area contributed by atoms with Crippen LogP contribution < -0.4 is 0 Å². The third-order valence-corrected chi connectivity index (χ3v) is 4.43. The summed E-state index contributed by atoms with van der Waals surface area (Å²) in [6.45, 7) is 2.92. The van der Waals surface area contributed by atoms with Crippen molar-refractivity contribution in [1.29, 1.82) is 0 Å². The van der Waals surface area contributed by atoms with Crippen LogP contribution in [0.4, 0.5) is 4.39 Å². The summed E-state index contributed by atoms with van der Waals surface area (Å²) in [4.78, 5) is 4.48. The van der Waals surface area contributed by atoms with E-state index in [4.69, 9.17) is 0 Å². The van der Waals surface area contributed by atoms with E-state index in [-0.39, 0.29) is 11.9 Å². The van der Waals surface area contributed by atoms with Gasteiger partial charge in [-0.15, -0.1) is 0 Å². The molecule has 0 radical (unpaired) electrons. The molecule has 0 spiro atoms. The van der Waals surface area contributed by atoms with E-state index in [2.05, 4.69) is 39.8 Å². The smallest absolute Gasteiger partial charge is 0.143 e. The normalized spacial score (nSPS) is 23.5. The molecular formula is C14H20BrFN2O. The third-order valence-electron chi connectivity index (χ3n) is 3.82. The molecule has 3 nitrogen and oxygen atoms in total. The van der Waals surface area contributed by atoms with Gasteiger partial charge in [0.2, 0.25) is 0 Å². The molecule has 2 rings (SSSR count). The van der Waals surface area contributed by atoms with Gasteiger partial charge in [-0.25, -0.2) is 4.39 Å². The first-order valence-electron chi connectivity index (χ1n) is 6.49. The molecule has 1 N–H and O–H groups in total. The van der Waals surface area contributed by atoms with Crippen molar-refractivity contribution in [3.8, 4) is 0 Å². The minimum absolute atomic E-state index is 0.257. The summed E-state index contributed by atoms with van der Waals surface area (Å²) in [7, 11) is 4.13. The van der Waals surface area contributed by atoms with Crippen LogP contribution >= 0.6 is 15.9 Å². The fourth-order valence-electron chi connectivity index (χ4n) is 2.52. The molecule has 19 heavy (non-hydrogen) atoms. The third kappa shape index (κ3) is 3.54. The average Bonchev–Trinajstić information content (AvgIpc) is 2.37. The number of likely N-dealkylation sites (N-methyl/N-ethyl adjacent to an activating group) is 2. The molecule has 1 saturated heterocycles. The quantitative estimate of drug-likeness (QED) is 0.920. The van der Waals surface area contributed by atoms with Gasteiger partial charge in [0, 0.05) is 31.2 Å². The monoisotopic (exact) mass is 330 g/mol. The first-order valence-corrected chi connectivity index (χ1v) is 7.29. The maximum Gasteiger partial charge on any atom is 0.143 e. The largest absolute Gasteiger partial charge is 0.388 e. The maximum atomic E-state index is 13.9. The number of rotatable bonds is 3. The van der Waals surface area contributed by atoms with Gasteiger partial charge in [-0.2, -0.15) is 0 Å². The molecule has 1 heterocycles. The van der Waals surface area contributed by atoms with E-state index in [1.165, 1.54) is 0 Å². The molecule has 1 aromatic carbocycles. The van der Waals surface area contributed by atoms with Crippen molar-refractivity contribution < 1.29 is 9.50 Å². The lowest BCUT2D eigenvalue weighted by Crippen LogP contribution is -2.50. The predicted octanol–water partition coefficient (Wildman–Crippen LogP) is 2.26. The zero-order chi connectivity index (χ0) is 14.0. The van der Waals surface area contributed by atoms with Crippen molar-refractivity contribution in [1.82, 2.24) is 9.80 Å². The summed E-state index contributed by atoms with van der Waals surface area (Å²) in [5.74, 6) is -0.359. The van der Waals surface area contributed by atoms with E-state index < -0.39 is 6.10 Å². The van der Waals surface area contributed by atoms with Crippen molar-refractivity contribution in [2.75, 3.05) is 33.7 Å². The van der Waals surface area contributed by atoms with Crippen molar-refractivity contribution >= 4 is 15.9 Å². The molecule has 106 valence electrons. The molecule has 1 aliphatic heterocycles. The number of hydrogen-bond acceptors (Lipinski definition) is 3. The van der Waals surface area contributed by atoms with Crippen molar-refractivity contribution in [2.45, 2.75) is 18.6 Å². The molecule has 1 fully saturated rings. The summed E-state index contributed by atoms with van der Waals surface area (Å²) < 4.78 is 14.4. The Morgan fingerprint density at radius 1 is 1.42 bits per heavy atom. The number of piperazine rings is 1.